The number of carbonyl (C=O) groups is 1. The molecule has 1 atom stereocenters. The van der Waals surface area contributed by atoms with Crippen molar-refractivity contribution in [3.05, 3.63) is 90.5 Å². The van der Waals surface area contributed by atoms with E-state index in [1.54, 1.807) is 0 Å². The van der Waals surface area contributed by atoms with Gasteiger partial charge in [0, 0.05) is 43.6 Å². The molecule has 1 aromatic carbocycles. The number of pyridine rings is 1. The van der Waals surface area contributed by atoms with E-state index in [1.807, 2.05) is 18.5 Å². The first kappa shape index (κ1) is 21.4. The Bertz CT molecular complexity index is 1180. The lowest BCUT2D eigenvalue weighted by atomic mass is 9.90. The molecule has 3 aliphatic rings. The summed E-state index contributed by atoms with van der Waals surface area (Å²) >= 11 is 0. The fraction of sp³-hybridized carbons (Fsp3) is 0.379. The van der Waals surface area contributed by atoms with Crippen molar-refractivity contribution < 1.29 is 4.79 Å². The van der Waals surface area contributed by atoms with E-state index in [1.165, 1.54) is 16.8 Å². The maximum Gasteiger partial charge on any atom is 0.226 e. The van der Waals surface area contributed by atoms with E-state index in [0.717, 1.165) is 64.1 Å². The van der Waals surface area contributed by atoms with E-state index in [2.05, 4.69) is 80.2 Å². The highest BCUT2D eigenvalue weighted by molar-refractivity contribution is 5.84. The second-order valence-corrected chi connectivity index (χ2v) is 10.1. The average molecular weight is 453 g/mol. The molecule has 1 aliphatic carbocycles. The summed E-state index contributed by atoms with van der Waals surface area (Å²) in [6, 6.07) is 19.0. The molecule has 0 bridgehead atoms. The highest BCUT2D eigenvalue weighted by atomic mass is 16.2. The summed E-state index contributed by atoms with van der Waals surface area (Å²) in [7, 11) is 0. The van der Waals surface area contributed by atoms with Crippen molar-refractivity contribution in [2.75, 3.05) is 26.2 Å². The van der Waals surface area contributed by atoms with Crippen molar-refractivity contribution in [3.8, 4) is 5.69 Å². The van der Waals surface area contributed by atoms with Gasteiger partial charge in [0.05, 0.1) is 11.9 Å². The van der Waals surface area contributed by atoms with Gasteiger partial charge in [-0.05, 0) is 79.6 Å². The van der Waals surface area contributed by atoms with Crippen LogP contribution in [0.5, 0.6) is 0 Å². The van der Waals surface area contributed by atoms with Crippen LogP contribution in [-0.4, -0.2) is 51.4 Å². The number of hydrogen-bond acceptors (Lipinski definition) is 3. The first-order chi connectivity index (χ1) is 16.7. The van der Waals surface area contributed by atoms with Gasteiger partial charge in [-0.1, -0.05) is 36.4 Å². The minimum Gasteiger partial charge on any atom is -0.338 e. The van der Waals surface area contributed by atoms with Gasteiger partial charge in [0.2, 0.25) is 5.91 Å². The molecule has 1 spiro atoms. The number of carbonyl (C=O) groups excluding carboxylic acids is 1. The van der Waals surface area contributed by atoms with E-state index >= 15 is 0 Å². The standard InChI is InChI=1S/C29H32N4O/c34-28(32-16-10-24(11-17-32)23-6-2-1-3-7-23)27-20-29(27)12-18-31(19-13-29)22-26-9-5-15-33(26)25-8-4-14-30-21-25/h1-10,14-15,21,27H,11-13,16-20,22H2. The topological polar surface area (TPSA) is 41.4 Å². The van der Waals surface area contributed by atoms with Crippen LogP contribution < -0.4 is 0 Å². The summed E-state index contributed by atoms with van der Waals surface area (Å²) in [5.74, 6) is 0.628. The monoisotopic (exact) mass is 452 g/mol. The summed E-state index contributed by atoms with van der Waals surface area (Å²) < 4.78 is 2.23. The molecular formula is C29H32N4O. The van der Waals surface area contributed by atoms with Crippen LogP contribution in [-0.2, 0) is 11.3 Å². The van der Waals surface area contributed by atoms with E-state index < -0.39 is 0 Å². The van der Waals surface area contributed by atoms with Crippen LogP contribution in [0, 0.1) is 11.3 Å². The molecule has 1 amide bonds. The Kier molecular flexibility index (Phi) is 5.58. The van der Waals surface area contributed by atoms with Gasteiger partial charge in [-0.3, -0.25) is 14.7 Å². The highest BCUT2D eigenvalue weighted by Gasteiger charge is 2.59. The number of rotatable bonds is 5. The Morgan fingerprint density at radius 1 is 1.00 bits per heavy atom. The summed E-state index contributed by atoms with van der Waals surface area (Å²) in [6.07, 6.45) is 12.4. The second-order valence-electron chi connectivity index (χ2n) is 10.1. The molecule has 3 aromatic rings. The molecule has 2 aliphatic heterocycles. The van der Waals surface area contributed by atoms with Crippen LogP contribution in [0.4, 0.5) is 0 Å². The smallest absolute Gasteiger partial charge is 0.226 e. The largest absolute Gasteiger partial charge is 0.338 e. The number of benzene rings is 1. The number of aromatic nitrogens is 2. The van der Waals surface area contributed by atoms with Crippen LogP contribution in [0.25, 0.3) is 11.3 Å². The fourth-order valence-corrected chi connectivity index (χ4v) is 5.93. The van der Waals surface area contributed by atoms with Gasteiger partial charge in [-0.25, -0.2) is 0 Å². The zero-order chi connectivity index (χ0) is 23.0. The van der Waals surface area contributed by atoms with Crippen molar-refractivity contribution in [2.45, 2.75) is 32.2 Å². The molecule has 0 N–H and O–H groups in total. The van der Waals surface area contributed by atoms with Gasteiger partial charge in [-0.2, -0.15) is 0 Å². The second kappa shape index (κ2) is 8.88. The van der Waals surface area contributed by atoms with Gasteiger partial charge in [0.1, 0.15) is 0 Å². The van der Waals surface area contributed by atoms with E-state index in [9.17, 15) is 4.79 Å². The maximum absolute atomic E-state index is 13.3. The zero-order valence-electron chi connectivity index (χ0n) is 19.6. The first-order valence-corrected chi connectivity index (χ1v) is 12.5. The lowest BCUT2D eigenvalue weighted by molar-refractivity contribution is -0.133. The number of hydrogen-bond donors (Lipinski definition) is 0. The number of piperidine rings is 1. The van der Waals surface area contributed by atoms with Gasteiger partial charge in [0.25, 0.3) is 0 Å². The molecule has 2 fully saturated rings. The normalized spacial score (nSPS) is 21.9. The molecular weight excluding hydrogens is 420 g/mol. The summed E-state index contributed by atoms with van der Waals surface area (Å²) in [5, 5.41) is 0. The molecule has 1 saturated carbocycles. The minimum absolute atomic E-state index is 0.237. The Morgan fingerprint density at radius 2 is 1.85 bits per heavy atom. The van der Waals surface area contributed by atoms with Crippen LogP contribution >= 0.6 is 0 Å². The van der Waals surface area contributed by atoms with E-state index in [0.29, 0.717) is 5.91 Å². The van der Waals surface area contributed by atoms with Crippen LogP contribution in [0.1, 0.15) is 36.9 Å². The predicted octanol–water partition coefficient (Wildman–Crippen LogP) is 4.79. The lowest BCUT2D eigenvalue weighted by Gasteiger charge is -2.34. The van der Waals surface area contributed by atoms with Crippen molar-refractivity contribution in [1.29, 1.82) is 0 Å². The van der Waals surface area contributed by atoms with Crippen molar-refractivity contribution >= 4 is 11.5 Å². The lowest BCUT2D eigenvalue weighted by Crippen LogP contribution is -2.39. The molecule has 174 valence electrons. The predicted molar refractivity (Wildman–Crippen MR) is 134 cm³/mol. The number of likely N-dealkylation sites (tertiary alicyclic amines) is 1. The molecule has 2 aromatic heterocycles. The van der Waals surface area contributed by atoms with Gasteiger partial charge in [0.15, 0.2) is 0 Å². The van der Waals surface area contributed by atoms with Crippen LogP contribution in [0.3, 0.4) is 0 Å². The number of nitrogens with zero attached hydrogens (tertiary/aromatic N) is 4. The quantitative estimate of drug-likeness (QED) is 0.559. The minimum atomic E-state index is 0.237. The third kappa shape index (κ3) is 4.09. The van der Waals surface area contributed by atoms with Crippen LogP contribution in [0.2, 0.25) is 0 Å². The Labute approximate surface area is 201 Å². The van der Waals surface area contributed by atoms with E-state index in [4.69, 9.17) is 0 Å². The van der Waals surface area contributed by atoms with Gasteiger partial charge < -0.3 is 9.47 Å². The molecule has 6 rings (SSSR count). The van der Waals surface area contributed by atoms with Gasteiger partial charge >= 0.3 is 0 Å². The Morgan fingerprint density at radius 3 is 2.59 bits per heavy atom. The molecule has 1 unspecified atom stereocenters. The molecule has 34 heavy (non-hydrogen) atoms. The summed E-state index contributed by atoms with van der Waals surface area (Å²) in [6.45, 7) is 4.69. The van der Waals surface area contributed by atoms with Gasteiger partial charge in [-0.15, -0.1) is 0 Å². The molecule has 0 radical (unpaired) electrons. The summed E-state index contributed by atoms with van der Waals surface area (Å²) in [4.78, 5) is 22.2. The third-order valence-electron chi connectivity index (χ3n) is 8.15. The Hall–Kier alpha value is -3.18. The molecule has 5 heteroatoms. The third-order valence-corrected chi connectivity index (χ3v) is 8.15. The van der Waals surface area contributed by atoms with Crippen molar-refractivity contribution in [3.63, 3.8) is 0 Å². The van der Waals surface area contributed by atoms with Crippen molar-refractivity contribution in [2.24, 2.45) is 11.3 Å². The average Bonchev–Trinajstić information content (AvgIpc) is 3.40. The number of amides is 1. The molecule has 5 nitrogen and oxygen atoms in total. The summed E-state index contributed by atoms with van der Waals surface area (Å²) in [5.41, 5.74) is 5.32. The Balaban J connectivity index is 1.03. The molecule has 4 heterocycles. The van der Waals surface area contributed by atoms with Crippen molar-refractivity contribution in [1.82, 2.24) is 19.4 Å². The first-order valence-electron chi connectivity index (χ1n) is 12.5. The maximum atomic E-state index is 13.3. The fourth-order valence-electron chi connectivity index (χ4n) is 5.93. The highest BCUT2D eigenvalue weighted by Crippen LogP contribution is 2.60. The van der Waals surface area contributed by atoms with Crippen LogP contribution in [0.15, 0.2) is 79.3 Å². The molecule has 1 saturated heterocycles. The SMILES string of the molecule is O=C(C1CC12CCN(Cc1cccn1-c1cccnc1)CC2)N1CC=C(c2ccccc2)CC1. The van der Waals surface area contributed by atoms with E-state index in [-0.39, 0.29) is 11.3 Å². The zero-order valence-corrected chi connectivity index (χ0v) is 19.6.